The molecule has 0 fully saturated rings. The highest BCUT2D eigenvalue weighted by molar-refractivity contribution is 8.05. The van der Waals surface area contributed by atoms with Gasteiger partial charge in [-0.05, 0) is 73.0 Å². The van der Waals surface area contributed by atoms with Gasteiger partial charge >= 0.3 is 0 Å². The number of anilines is 2. The minimum absolute atomic E-state index is 0.644. The molecule has 3 aromatic carbocycles. The molecule has 0 spiro atoms. The fourth-order valence-corrected chi connectivity index (χ4v) is 6.82. The molecule has 32 heavy (non-hydrogen) atoms. The van der Waals surface area contributed by atoms with Crippen LogP contribution in [0.1, 0.15) is 5.56 Å². The van der Waals surface area contributed by atoms with Gasteiger partial charge in [-0.1, -0.05) is 59.6 Å². The maximum absolute atomic E-state index is 4.75. The van der Waals surface area contributed by atoms with E-state index in [-0.39, 0.29) is 0 Å². The molecule has 1 aliphatic rings. The van der Waals surface area contributed by atoms with E-state index in [0.29, 0.717) is 16.3 Å². The quantitative estimate of drug-likeness (QED) is 0.235. The molecule has 0 radical (unpaired) electrons. The average molecular weight is 493 g/mol. The number of benzene rings is 3. The summed E-state index contributed by atoms with van der Waals surface area (Å²) in [6.07, 6.45) is 1.99. The minimum Gasteiger partial charge on any atom is -0.313 e. The highest BCUT2D eigenvalue weighted by atomic mass is 32.2. The number of nitrogens with zero attached hydrogens (tertiary/aromatic N) is 4. The molecule has 2 heterocycles. The van der Waals surface area contributed by atoms with Gasteiger partial charge in [-0.25, -0.2) is 0 Å². The Morgan fingerprint density at radius 2 is 1.44 bits per heavy atom. The summed E-state index contributed by atoms with van der Waals surface area (Å²) in [7, 11) is 1.98. The second-order valence-corrected chi connectivity index (χ2v) is 11.1. The highest BCUT2D eigenvalue weighted by Gasteiger charge is 2.19. The van der Waals surface area contributed by atoms with E-state index in [1.807, 2.05) is 72.1 Å². The number of hydrogen-bond donors (Lipinski definition) is 0. The molecular weight excluding hydrogens is 473 g/mol. The van der Waals surface area contributed by atoms with Crippen molar-refractivity contribution in [3.63, 3.8) is 0 Å². The summed E-state index contributed by atoms with van der Waals surface area (Å²) >= 11 is 6.77. The lowest BCUT2D eigenvalue weighted by Crippen LogP contribution is -2.14. The van der Waals surface area contributed by atoms with Gasteiger partial charge in [0, 0.05) is 37.2 Å². The van der Waals surface area contributed by atoms with E-state index in [4.69, 9.17) is 4.98 Å². The summed E-state index contributed by atoms with van der Waals surface area (Å²) in [6, 6.07) is 23.4. The van der Waals surface area contributed by atoms with Gasteiger partial charge in [-0.3, -0.25) is 0 Å². The van der Waals surface area contributed by atoms with Crippen LogP contribution in [0.25, 0.3) is 0 Å². The normalized spacial score (nSPS) is 12.2. The molecular formula is C24H20N4S4. The molecule has 0 saturated carbocycles. The fraction of sp³-hybridized carbons (Fsp3) is 0.125. The number of fused-ring (bicyclic) bond motifs is 2. The van der Waals surface area contributed by atoms with Crippen LogP contribution >= 0.6 is 47.0 Å². The fourth-order valence-electron chi connectivity index (χ4n) is 3.22. The molecule has 0 saturated heterocycles. The minimum atomic E-state index is 0.644. The molecule has 0 N–H and O–H groups in total. The van der Waals surface area contributed by atoms with Crippen molar-refractivity contribution in [3.8, 4) is 0 Å². The van der Waals surface area contributed by atoms with Crippen LogP contribution in [0.5, 0.6) is 0 Å². The van der Waals surface area contributed by atoms with Crippen molar-refractivity contribution in [1.29, 1.82) is 0 Å². The van der Waals surface area contributed by atoms with Crippen LogP contribution < -0.4 is 4.90 Å². The van der Waals surface area contributed by atoms with Crippen LogP contribution in [0.3, 0.4) is 0 Å². The zero-order valence-electron chi connectivity index (χ0n) is 17.8. The van der Waals surface area contributed by atoms with Crippen LogP contribution in [-0.4, -0.2) is 28.3 Å². The van der Waals surface area contributed by atoms with E-state index in [1.165, 1.54) is 36.9 Å². The summed E-state index contributed by atoms with van der Waals surface area (Å²) in [5.74, 6) is 0.644. The molecule has 1 aromatic heterocycles. The summed E-state index contributed by atoms with van der Waals surface area (Å²) < 4.78 is 0. The Kier molecular flexibility index (Phi) is 6.37. The Morgan fingerprint density at radius 3 is 2.19 bits per heavy atom. The molecule has 5 rings (SSSR count). The molecule has 0 unspecified atom stereocenters. The second-order valence-electron chi connectivity index (χ2n) is 7.16. The van der Waals surface area contributed by atoms with Gasteiger partial charge < -0.3 is 4.90 Å². The first-order valence-electron chi connectivity index (χ1n) is 9.96. The summed E-state index contributed by atoms with van der Waals surface area (Å²) in [5.41, 5.74) is 2.33. The number of rotatable bonds is 5. The predicted molar refractivity (Wildman–Crippen MR) is 136 cm³/mol. The van der Waals surface area contributed by atoms with Gasteiger partial charge in [0.1, 0.15) is 0 Å². The van der Waals surface area contributed by atoms with E-state index >= 15 is 0 Å². The molecule has 160 valence electrons. The van der Waals surface area contributed by atoms with Crippen molar-refractivity contribution < 1.29 is 0 Å². The van der Waals surface area contributed by atoms with Crippen molar-refractivity contribution in [2.75, 3.05) is 18.2 Å². The number of hydrogen-bond acceptors (Lipinski definition) is 8. The summed E-state index contributed by atoms with van der Waals surface area (Å²) in [4.78, 5) is 22.3. The maximum atomic E-state index is 4.75. The van der Waals surface area contributed by atoms with Crippen molar-refractivity contribution in [2.45, 2.75) is 41.7 Å². The van der Waals surface area contributed by atoms with E-state index in [2.05, 4.69) is 53.3 Å². The molecule has 0 aliphatic carbocycles. The van der Waals surface area contributed by atoms with Gasteiger partial charge in [0.25, 0.3) is 0 Å². The van der Waals surface area contributed by atoms with Crippen molar-refractivity contribution in [3.05, 3.63) is 72.3 Å². The Morgan fingerprint density at radius 1 is 0.750 bits per heavy atom. The number of thioether (sulfide) groups is 1. The van der Waals surface area contributed by atoms with Crippen LogP contribution in [-0.2, 0) is 0 Å². The number of para-hydroxylation sites is 1. The zero-order chi connectivity index (χ0) is 22.1. The monoisotopic (exact) mass is 492 g/mol. The largest absolute Gasteiger partial charge is 0.313 e. The van der Waals surface area contributed by atoms with E-state index in [9.17, 15) is 0 Å². The van der Waals surface area contributed by atoms with E-state index in [0.717, 1.165) is 10.6 Å². The Balaban J connectivity index is 1.42. The van der Waals surface area contributed by atoms with Crippen LogP contribution in [0.2, 0.25) is 0 Å². The first-order valence-corrected chi connectivity index (χ1v) is 13.6. The Hall–Kier alpha value is -2.13. The first-order chi connectivity index (χ1) is 15.6. The average Bonchev–Trinajstić information content (AvgIpc) is 2.82. The third-order valence-electron chi connectivity index (χ3n) is 4.87. The van der Waals surface area contributed by atoms with Gasteiger partial charge in [0.05, 0.1) is 0 Å². The molecule has 8 heteroatoms. The molecule has 0 atom stereocenters. The maximum Gasteiger partial charge on any atom is 0.234 e. The zero-order valence-corrected chi connectivity index (χ0v) is 21.0. The van der Waals surface area contributed by atoms with Gasteiger partial charge in [0.15, 0.2) is 10.3 Å². The summed E-state index contributed by atoms with van der Waals surface area (Å²) in [5, 5.41) is 1.42. The second kappa shape index (κ2) is 9.39. The molecule has 0 amide bonds. The van der Waals surface area contributed by atoms with Gasteiger partial charge in [0.2, 0.25) is 5.95 Å². The number of aromatic nitrogens is 3. The van der Waals surface area contributed by atoms with E-state index in [1.54, 1.807) is 11.8 Å². The first kappa shape index (κ1) is 21.7. The smallest absolute Gasteiger partial charge is 0.234 e. The van der Waals surface area contributed by atoms with Crippen molar-refractivity contribution >= 4 is 58.7 Å². The van der Waals surface area contributed by atoms with Gasteiger partial charge in [-0.15, -0.1) is 0 Å². The Bertz CT molecular complexity index is 1280. The molecule has 4 nitrogen and oxygen atoms in total. The third kappa shape index (κ3) is 4.64. The summed E-state index contributed by atoms with van der Waals surface area (Å²) in [6.45, 7) is 2.14. The van der Waals surface area contributed by atoms with Crippen molar-refractivity contribution in [2.24, 2.45) is 0 Å². The molecule has 1 aliphatic heterocycles. The SMILES string of the molecule is CSc1nc(Sc2ccc3c(c2)Sc2ccc(C)cc2S3)nc(N(C)c2ccccc2)n1. The van der Waals surface area contributed by atoms with Crippen molar-refractivity contribution in [1.82, 2.24) is 15.0 Å². The number of aryl methyl sites for hydroxylation is 1. The van der Waals surface area contributed by atoms with E-state index < -0.39 is 0 Å². The lowest BCUT2D eigenvalue weighted by Gasteiger charge is -2.19. The topological polar surface area (TPSA) is 41.9 Å². The third-order valence-corrected chi connectivity index (χ3v) is 8.80. The molecule has 0 bridgehead atoms. The van der Waals surface area contributed by atoms with Crippen LogP contribution in [0, 0.1) is 6.92 Å². The lowest BCUT2D eigenvalue weighted by atomic mass is 10.2. The highest BCUT2D eigenvalue weighted by Crippen LogP contribution is 2.49. The van der Waals surface area contributed by atoms with Crippen LogP contribution in [0.4, 0.5) is 11.6 Å². The standard InChI is InChI=1S/C24H20N4S4/c1-15-9-11-18-20(13-15)31-19-12-10-17(14-21(19)32-18)30-24-26-22(25-23(27-24)29-3)28(2)16-7-5-4-6-8-16/h4-14H,1-3H3. The molecule has 4 aromatic rings. The lowest BCUT2D eigenvalue weighted by molar-refractivity contribution is 0.791. The Labute approximate surface area is 205 Å². The van der Waals surface area contributed by atoms with Gasteiger partial charge in [-0.2, -0.15) is 15.0 Å². The van der Waals surface area contributed by atoms with Crippen LogP contribution in [0.15, 0.2) is 102 Å². The predicted octanol–water partition coefficient (Wildman–Crippen LogP) is 7.44.